The van der Waals surface area contributed by atoms with Crippen LogP contribution < -0.4 is 11.1 Å². The topological polar surface area (TPSA) is 80.9 Å². The standard InChI is InChI=1S/C27H23FN4O/c1-14-12-20-19(26(29)33)11-10-18(24(20)15(14)2)17-6-4-8-22(16(17)3)32-27-25-21(28)7-5-9-23(25)30-13-31-27/h4-11,13H,12H2,1-3H3,(H2,29,33)(H,30,31,32). The lowest BCUT2D eigenvalue weighted by atomic mass is 9.89. The molecule has 5 nitrogen and oxygen atoms in total. The predicted octanol–water partition coefficient (Wildman–Crippen LogP) is 5.94. The highest BCUT2D eigenvalue weighted by molar-refractivity contribution is 6.00. The normalized spacial score (nSPS) is 12.8. The third-order valence-corrected chi connectivity index (χ3v) is 6.52. The minimum Gasteiger partial charge on any atom is -0.366 e. The molecule has 3 N–H and O–H groups in total. The first-order chi connectivity index (χ1) is 15.9. The van der Waals surface area contributed by atoms with E-state index in [0.29, 0.717) is 22.3 Å². The lowest BCUT2D eigenvalue weighted by molar-refractivity contribution is 0.0999. The average molecular weight is 439 g/mol. The molecule has 0 radical (unpaired) electrons. The maximum absolute atomic E-state index is 14.6. The second-order valence-electron chi connectivity index (χ2n) is 8.42. The fourth-order valence-electron chi connectivity index (χ4n) is 4.68. The highest BCUT2D eigenvalue weighted by Crippen LogP contribution is 2.43. The largest absolute Gasteiger partial charge is 0.366 e. The van der Waals surface area contributed by atoms with Crippen LogP contribution in [0.5, 0.6) is 0 Å². The van der Waals surface area contributed by atoms with Gasteiger partial charge in [0.2, 0.25) is 5.91 Å². The number of hydrogen-bond donors (Lipinski definition) is 2. The van der Waals surface area contributed by atoms with Crippen molar-refractivity contribution in [1.82, 2.24) is 9.97 Å². The van der Waals surface area contributed by atoms with Crippen LogP contribution in [0.25, 0.3) is 27.6 Å². The highest BCUT2D eigenvalue weighted by atomic mass is 19.1. The van der Waals surface area contributed by atoms with Crippen LogP contribution in [0.1, 0.15) is 40.9 Å². The molecule has 6 heteroatoms. The van der Waals surface area contributed by atoms with Crippen LogP contribution in [0.2, 0.25) is 0 Å². The maximum Gasteiger partial charge on any atom is 0.249 e. The fraction of sp³-hybridized carbons (Fsp3) is 0.148. The Morgan fingerprint density at radius 2 is 1.79 bits per heavy atom. The summed E-state index contributed by atoms with van der Waals surface area (Å²) in [6.45, 7) is 6.19. The van der Waals surface area contributed by atoms with E-state index in [9.17, 15) is 9.18 Å². The van der Waals surface area contributed by atoms with E-state index >= 15 is 0 Å². The van der Waals surface area contributed by atoms with Crippen molar-refractivity contribution in [2.24, 2.45) is 5.73 Å². The van der Waals surface area contributed by atoms with Crippen LogP contribution in [0.15, 0.2) is 60.4 Å². The summed E-state index contributed by atoms with van der Waals surface area (Å²) < 4.78 is 14.6. The van der Waals surface area contributed by atoms with E-state index in [-0.39, 0.29) is 5.82 Å². The molecule has 1 aliphatic rings. The number of allylic oxidation sites excluding steroid dienone is 2. The summed E-state index contributed by atoms with van der Waals surface area (Å²) in [7, 11) is 0. The van der Waals surface area contributed by atoms with Crippen LogP contribution in [0, 0.1) is 12.7 Å². The minimum atomic E-state index is -0.412. The summed E-state index contributed by atoms with van der Waals surface area (Å²) in [5, 5.41) is 3.66. The second-order valence-corrected chi connectivity index (χ2v) is 8.42. The molecule has 1 aliphatic carbocycles. The Labute approximate surface area is 191 Å². The third kappa shape index (κ3) is 3.35. The lowest BCUT2D eigenvalue weighted by Gasteiger charge is -2.18. The second kappa shape index (κ2) is 7.81. The van der Waals surface area contributed by atoms with Crippen LogP contribution in [0.3, 0.4) is 0 Å². The minimum absolute atomic E-state index is 0.353. The molecular formula is C27H23FN4O. The molecule has 1 heterocycles. The lowest BCUT2D eigenvalue weighted by Crippen LogP contribution is -2.14. The number of hydrogen-bond acceptors (Lipinski definition) is 4. The number of carbonyl (C=O) groups is 1. The zero-order valence-electron chi connectivity index (χ0n) is 18.7. The number of benzene rings is 3. The summed E-state index contributed by atoms with van der Waals surface area (Å²) in [6, 6.07) is 14.5. The summed E-state index contributed by atoms with van der Waals surface area (Å²) >= 11 is 0. The number of amides is 1. The monoisotopic (exact) mass is 438 g/mol. The van der Waals surface area contributed by atoms with Gasteiger partial charge in [0.15, 0.2) is 0 Å². The van der Waals surface area contributed by atoms with Crippen molar-refractivity contribution in [3.63, 3.8) is 0 Å². The number of primary amides is 1. The Kier molecular flexibility index (Phi) is 4.93. The van der Waals surface area contributed by atoms with E-state index in [0.717, 1.165) is 39.9 Å². The number of nitrogens with one attached hydrogen (secondary N) is 1. The molecule has 3 aromatic carbocycles. The van der Waals surface area contributed by atoms with Crippen LogP contribution in [-0.4, -0.2) is 15.9 Å². The molecule has 1 aromatic heterocycles. The number of carbonyl (C=O) groups excluding carboxylic acids is 1. The number of rotatable bonds is 4. The smallest absolute Gasteiger partial charge is 0.249 e. The molecule has 0 fully saturated rings. The van der Waals surface area contributed by atoms with E-state index in [4.69, 9.17) is 5.73 Å². The average Bonchev–Trinajstić information content (AvgIpc) is 3.09. The van der Waals surface area contributed by atoms with Gasteiger partial charge >= 0.3 is 0 Å². The molecule has 0 spiro atoms. The number of anilines is 2. The SMILES string of the molecule is CC1=C(C)c2c(-c3cccc(Nc4ncnc5cccc(F)c45)c3C)ccc(C(N)=O)c2C1. The molecular weight excluding hydrogens is 415 g/mol. The van der Waals surface area contributed by atoms with Gasteiger partial charge in [-0.05, 0) is 84.8 Å². The molecule has 0 saturated carbocycles. The van der Waals surface area contributed by atoms with Crippen LogP contribution >= 0.6 is 0 Å². The van der Waals surface area contributed by atoms with E-state index in [2.05, 4.69) is 35.2 Å². The first kappa shape index (κ1) is 20.8. The Morgan fingerprint density at radius 3 is 2.58 bits per heavy atom. The van der Waals surface area contributed by atoms with Gasteiger partial charge in [-0.25, -0.2) is 14.4 Å². The zero-order valence-corrected chi connectivity index (χ0v) is 18.7. The van der Waals surface area contributed by atoms with E-state index in [1.807, 2.05) is 31.2 Å². The highest BCUT2D eigenvalue weighted by Gasteiger charge is 2.25. The third-order valence-electron chi connectivity index (χ3n) is 6.52. The van der Waals surface area contributed by atoms with Crippen molar-refractivity contribution in [3.05, 3.63) is 88.5 Å². The summed E-state index contributed by atoms with van der Waals surface area (Å²) in [5.74, 6) is -0.370. The Morgan fingerprint density at radius 1 is 1.00 bits per heavy atom. The molecule has 0 bridgehead atoms. The zero-order chi connectivity index (χ0) is 23.3. The van der Waals surface area contributed by atoms with Crippen LogP contribution in [0.4, 0.5) is 15.9 Å². The molecule has 4 aromatic rings. The van der Waals surface area contributed by atoms with Crippen molar-refractivity contribution in [2.45, 2.75) is 27.2 Å². The number of fused-ring (bicyclic) bond motifs is 2. The summed E-state index contributed by atoms with van der Waals surface area (Å²) in [6.07, 6.45) is 2.14. The molecule has 0 atom stereocenters. The molecule has 1 amide bonds. The van der Waals surface area contributed by atoms with Crippen molar-refractivity contribution >= 4 is 33.9 Å². The number of halogens is 1. The molecule has 0 unspecified atom stereocenters. The van der Waals surface area contributed by atoms with Gasteiger partial charge in [-0.2, -0.15) is 0 Å². The Balaban J connectivity index is 1.65. The predicted molar refractivity (Wildman–Crippen MR) is 130 cm³/mol. The summed E-state index contributed by atoms with van der Waals surface area (Å²) in [5.41, 5.74) is 15.1. The van der Waals surface area contributed by atoms with Gasteiger partial charge in [0.25, 0.3) is 0 Å². The van der Waals surface area contributed by atoms with Gasteiger partial charge in [-0.3, -0.25) is 4.79 Å². The summed E-state index contributed by atoms with van der Waals surface area (Å²) in [4.78, 5) is 20.5. The number of nitrogens with two attached hydrogens (primary N) is 1. The van der Waals surface area contributed by atoms with E-state index in [1.54, 1.807) is 12.1 Å². The van der Waals surface area contributed by atoms with Gasteiger partial charge in [0.05, 0.1) is 10.9 Å². The van der Waals surface area contributed by atoms with E-state index in [1.165, 1.54) is 23.5 Å². The van der Waals surface area contributed by atoms with Gasteiger partial charge in [-0.15, -0.1) is 0 Å². The van der Waals surface area contributed by atoms with Crippen molar-refractivity contribution in [3.8, 4) is 11.1 Å². The molecule has 5 rings (SSSR count). The molecule has 0 saturated heterocycles. The van der Waals surface area contributed by atoms with Gasteiger partial charge in [-0.1, -0.05) is 29.8 Å². The Bertz CT molecular complexity index is 1480. The molecule has 0 aliphatic heterocycles. The first-order valence-corrected chi connectivity index (χ1v) is 10.8. The van der Waals surface area contributed by atoms with Crippen LogP contribution in [-0.2, 0) is 6.42 Å². The maximum atomic E-state index is 14.6. The van der Waals surface area contributed by atoms with Gasteiger partial charge < -0.3 is 11.1 Å². The van der Waals surface area contributed by atoms with E-state index < -0.39 is 5.91 Å². The van der Waals surface area contributed by atoms with Gasteiger partial charge in [0.1, 0.15) is 18.0 Å². The first-order valence-electron chi connectivity index (χ1n) is 10.8. The quantitative estimate of drug-likeness (QED) is 0.413. The van der Waals surface area contributed by atoms with Gasteiger partial charge in [0, 0.05) is 11.3 Å². The molecule has 164 valence electrons. The molecule has 33 heavy (non-hydrogen) atoms. The van der Waals surface area contributed by atoms with Crippen molar-refractivity contribution in [1.29, 1.82) is 0 Å². The fourth-order valence-corrected chi connectivity index (χ4v) is 4.68. The van der Waals surface area contributed by atoms with Crippen molar-refractivity contribution in [2.75, 3.05) is 5.32 Å². The number of aromatic nitrogens is 2. The van der Waals surface area contributed by atoms with Crippen molar-refractivity contribution < 1.29 is 9.18 Å². The Hall–Kier alpha value is -4.06. The number of nitrogens with zero attached hydrogens (tertiary/aromatic N) is 2.